The Labute approximate surface area is 114 Å². The first-order valence-electron chi connectivity index (χ1n) is 6.47. The van der Waals surface area contributed by atoms with Crippen LogP contribution in [0.4, 0.5) is 0 Å². The Morgan fingerprint density at radius 3 is 2.32 bits per heavy atom. The van der Waals surface area contributed by atoms with Crippen molar-refractivity contribution in [3.05, 3.63) is 65.2 Å². The maximum Gasteiger partial charge on any atom is 0.120 e. The predicted molar refractivity (Wildman–Crippen MR) is 77.2 cm³/mol. The summed E-state index contributed by atoms with van der Waals surface area (Å²) in [6.45, 7) is 6.13. The molecule has 0 unspecified atom stereocenters. The van der Waals surface area contributed by atoms with Crippen LogP contribution < -0.4 is 4.74 Å². The molecule has 0 saturated heterocycles. The number of hydrogen-bond acceptors (Lipinski definition) is 2. The number of rotatable bonds is 4. The highest BCUT2D eigenvalue weighted by Crippen LogP contribution is 2.26. The van der Waals surface area contributed by atoms with E-state index in [0.717, 1.165) is 22.4 Å². The van der Waals surface area contributed by atoms with Crippen molar-refractivity contribution in [1.82, 2.24) is 0 Å². The molecule has 2 heteroatoms. The van der Waals surface area contributed by atoms with Crippen molar-refractivity contribution in [2.75, 3.05) is 0 Å². The Morgan fingerprint density at radius 2 is 1.74 bits per heavy atom. The van der Waals surface area contributed by atoms with E-state index >= 15 is 0 Å². The van der Waals surface area contributed by atoms with Crippen LogP contribution >= 0.6 is 0 Å². The van der Waals surface area contributed by atoms with Gasteiger partial charge in [0.1, 0.15) is 12.4 Å². The lowest BCUT2D eigenvalue weighted by Gasteiger charge is -2.21. The number of hydrogen-bond donors (Lipinski definition) is 1. The molecule has 19 heavy (non-hydrogen) atoms. The molecule has 0 aliphatic heterocycles. The van der Waals surface area contributed by atoms with Crippen LogP contribution in [0.5, 0.6) is 5.75 Å². The van der Waals surface area contributed by atoms with Gasteiger partial charge in [0.25, 0.3) is 0 Å². The van der Waals surface area contributed by atoms with Crippen molar-refractivity contribution in [1.29, 1.82) is 0 Å². The molecule has 0 bridgehead atoms. The lowest BCUT2D eigenvalue weighted by Crippen LogP contribution is -2.17. The van der Waals surface area contributed by atoms with Crippen LogP contribution in [0.1, 0.15) is 30.5 Å². The first kappa shape index (κ1) is 13.6. The molecule has 2 nitrogen and oxygen atoms in total. The van der Waals surface area contributed by atoms with Gasteiger partial charge < -0.3 is 9.84 Å². The zero-order chi connectivity index (χ0) is 13.9. The highest BCUT2D eigenvalue weighted by molar-refractivity contribution is 5.37. The zero-order valence-electron chi connectivity index (χ0n) is 11.7. The van der Waals surface area contributed by atoms with Gasteiger partial charge in [0.05, 0.1) is 5.60 Å². The second kappa shape index (κ2) is 5.45. The first-order valence-corrected chi connectivity index (χ1v) is 6.47. The Kier molecular flexibility index (Phi) is 3.91. The van der Waals surface area contributed by atoms with Gasteiger partial charge in [-0.2, -0.15) is 0 Å². The summed E-state index contributed by atoms with van der Waals surface area (Å²) in [5, 5.41) is 10.0. The van der Waals surface area contributed by atoms with Gasteiger partial charge in [0.2, 0.25) is 0 Å². The van der Waals surface area contributed by atoms with Crippen LogP contribution in [0.15, 0.2) is 48.5 Å². The second-order valence-corrected chi connectivity index (χ2v) is 5.31. The minimum absolute atomic E-state index is 0.558. The maximum atomic E-state index is 10.0. The van der Waals surface area contributed by atoms with Crippen molar-refractivity contribution in [2.24, 2.45) is 0 Å². The molecule has 2 aromatic carbocycles. The third kappa shape index (κ3) is 3.58. The number of benzene rings is 2. The minimum Gasteiger partial charge on any atom is -0.489 e. The van der Waals surface area contributed by atoms with Crippen LogP contribution in [0.3, 0.4) is 0 Å². The molecule has 0 atom stereocenters. The fourth-order valence-corrected chi connectivity index (χ4v) is 2.15. The normalized spacial score (nSPS) is 11.4. The standard InChI is InChI=1S/C17H20O2/c1-13-11-15(9-10-16(13)17(2,3)18)19-12-14-7-5-4-6-8-14/h4-11,18H,12H2,1-3H3. The molecule has 0 aliphatic rings. The van der Waals surface area contributed by atoms with Gasteiger partial charge in [-0.1, -0.05) is 36.4 Å². The zero-order valence-corrected chi connectivity index (χ0v) is 11.7. The smallest absolute Gasteiger partial charge is 0.120 e. The lowest BCUT2D eigenvalue weighted by molar-refractivity contribution is 0.0778. The lowest BCUT2D eigenvalue weighted by atomic mass is 9.94. The molecule has 0 spiro atoms. The predicted octanol–water partition coefficient (Wildman–Crippen LogP) is 3.80. The van der Waals surface area contributed by atoms with E-state index in [1.165, 1.54) is 0 Å². The molecule has 0 heterocycles. The topological polar surface area (TPSA) is 29.5 Å². The summed E-state index contributed by atoms with van der Waals surface area (Å²) in [4.78, 5) is 0. The van der Waals surface area contributed by atoms with Crippen molar-refractivity contribution in [3.63, 3.8) is 0 Å². The van der Waals surface area contributed by atoms with Gasteiger partial charge in [0.15, 0.2) is 0 Å². The highest BCUT2D eigenvalue weighted by Gasteiger charge is 2.18. The second-order valence-electron chi connectivity index (χ2n) is 5.31. The molecular weight excluding hydrogens is 236 g/mol. The van der Waals surface area contributed by atoms with E-state index in [9.17, 15) is 5.11 Å². The van der Waals surface area contributed by atoms with Gasteiger partial charge in [-0.25, -0.2) is 0 Å². The van der Waals surface area contributed by atoms with E-state index in [-0.39, 0.29) is 0 Å². The number of ether oxygens (including phenoxy) is 1. The van der Waals surface area contributed by atoms with Crippen molar-refractivity contribution < 1.29 is 9.84 Å². The van der Waals surface area contributed by atoms with Crippen LogP contribution in [-0.2, 0) is 12.2 Å². The van der Waals surface area contributed by atoms with E-state index in [2.05, 4.69) is 0 Å². The first-order chi connectivity index (χ1) is 8.97. The van der Waals surface area contributed by atoms with E-state index in [0.29, 0.717) is 6.61 Å². The molecule has 0 aliphatic carbocycles. The maximum absolute atomic E-state index is 10.0. The van der Waals surface area contributed by atoms with Crippen LogP contribution in [0, 0.1) is 6.92 Å². The summed E-state index contributed by atoms with van der Waals surface area (Å²) >= 11 is 0. The van der Waals surface area contributed by atoms with E-state index in [4.69, 9.17) is 4.74 Å². The minimum atomic E-state index is -0.817. The highest BCUT2D eigenvalue weighted by atomic mass is 16.5. The monoisotopic (exact) mass is 256 g/mol. The molecule has 0 fully saturated rings. The van der Waals surface area contributed by atoms with Gasteiger partial charge in [-0.05, 0) is 49.6 Å². The summed E-state index contributed by atoms with van der Waals surface area (Å²) < 4.78 is 5.76. The van der Waals surface area contributed by atoms with Gasteiger partial charge in [-0.15, -0.1) is 0 Å². The van der Waals surface area contributed by atoms with Gasteiger partial charge in [0, 0.05) is 0 Å². The Morgan fingerprint density at radius 1 is 1.05 bits per heavy atom. The van der Waals surface area contributed by atoms with Gasteiger partial charge >= 0.3 is 0 Å². The van der Waals surface area contributed by atoms with Crippen LogP contribution in [-0.4, -0.2) is 5.11 Å². The van der Waals surface area contributed by atoms with Crippen molar-refractivity contribution in [3.8, 4) is 5.75 Å². The molecular formula is C17H20O2. The summed E-state index contributed by atoms with van der Waals surface area (Å²) in [7, 11) is 0. The molecule has 0 aromatic heterocycles. The SMILES string of the molecule is Cc1cc(OCc2ccccc2)ccc1C(C)(C)O. The van der Waals surface area contributed by atoms with E-state index < -0.39 is 5.60 Å². The quantitative estimate of drug-likeness (QED) is 0.901. The average molecular weight is 256 g/mol. The third-order valence-electron chi connectivity index (χ3n) is 3.11. The fourth-order valence-electron chi connectivity index (χ4n) is 2.15. The molecule has 0 radical (unpaired) electrons. The Hall–Kier alpha value is -1.80. The number of aliphatic hydroxyl groups is 1. The Bertz CT molecular complexity index is 539. The van der Waals surface area contributed by atoms with Crippen molar-refractivity contribution in [2.45, 2.75) is 33.0 Å². The van der Waals surface area contributed by atoms with Crippen LogP contribution in [0.25, 0.3) is 0 Å². The Balaban J connectivity index is 2.09. The molecule has 2 rings (SSSR count). The largest absolute Gasteiger partial charge is 0.489 e. The third-order valence-corrected chi connectivity index (χ3v) is 3.11. The molecule has 1 N–H and O–H groups in total. The van der Waals surface area contributed by atoms with Gasteiger partial charge in [-0.3, -0.25) is 0 Å². The summed E-state index contributed by atoms with van der Waals surface area (Å²) in [6.07, 6.45) is 0. The number of aryl methyl sites for hydroxylation is 1. The molecule has 100 valence electrons. The van der Waals surface area contributed by atoms with E-state index in [1.54, 1.807) is 13.8 Å². The van der Waals surface area contributed by atoms with Crippen molar-refractivity contribution >= 4 is 0 Å². The molecule has 2 aromatic rings. The summed E-state index contributed by atoms with van der Waals surface area (Å²) in [5.74, 6) is 0.828. The van der Waals surface area contributed by atoms with Crippen LogP contribution in [0.2, 0.25) is 0 Å². The fraction of sp³-hybridized carbons (Fsp3) is 0.294. The average Bonchev–Trinajstić information content (AvgIpc) is 2.36. The van der Waals surface area contributed by atoms with E-state index in [1.807, 2.05) is 55.5 Å². The molecule has 0 saturated carbocycles. The summed E-state index contributed by atoms with van der Waals surface area (Å²) in [5.41, 5.74) is 2.30. The molecule has 0 amide bonds. The summed E-state index contributed by atoms with van der Waals surface area (Å²) in [6, 6.07) is 15.9.